The zero-order valence-electron chi connectivity index (χ0n) is 20.8. The minimum atomic E-state index is -5.11. The van der Waals surface area contributed by atoms with Crippen molar-refractivity contribution in [1.82, 2.24) is 20.2 Å². The number of carbonyl (C=O) groups excluding carboxylic acids is 3. The van der Waals surface area contributed by atoms with Crippen LogP contribution in [0.2, 0.25) is 0 Å². The first-order valence-electron chi connectivity index (χ1n) is 11.3. The van der Waals surface area contributed by atoms with Crippen molar-refractivity contribution in [3.05, 3.63) is 47.5 Å². The van der Waals surface area contributed by atoms with Gasteiger partial charge < -0.3 is 25.3 Å². The summed E-state index contributed by atoms with van der Waals surface area (Å²) in [7, 11) is 2.81. The van der Waals surface area contributed by atoms with E-state index in [0.717, 1.165) is 7.11 Å². The Morgan fingerprint density at radius 2 is 1.61 bits per heavy atom. The molecule has 3 atom stereocenters. The van der Waals surface area contributed by atoms with Gasteiger partial charge in [-0.25, -0.2) is 14.6 Å². The number of hydrogen-bond acceptors (Lipinski definition) is 5. The standard InChI is InChI=1S/C23H27F6N5O4/c1-5-12(2)18(19(35)32-17(20(36)38-4)9-16-10-34(3)11-30-16)33-21(37)31-15-7-13(22(24,25)26)6-14(8-15)23(27,28)29/h6-8,10-12,17-18H,5,9H2,1-4H3,(H,32,35)(H2,31,33,37)/t12-,17-,18-/m0/s1. The van der Waals surface area contributed by atoms with Gasteiger partial charge in [-0.3, -0.25) is 4.79 Å². The summed E-state index contributed by atoms with van der Waals surface area (Å²) < 4.78 is 85.1. The molecule has 0 fully saturated rings. The highest BCUT2D eigenvalue weighted by Crippen LogP contribution is 2.37. The number of urea groups is 1. The van der Waals surface area contributed by atoms with Crippen molar-refractivity contribution in [2.75, 3.05) is 12.4 Å². The first-order valence-corrected chi connectivity index (χ1v) is 11.3. The minimum Gasteiger partial charge on any atom is -0.467 e. The Labute approximate surface area is 213 Å². The number of amides is 3. The largest absolute Gasteiger partial charge is 0.467 e. The Morgan fingerprint density at radius 3 is 2.05 bits per heavy atom. The van der Waals surface area contributed by atoms with E-state index in [0.29, 0.717) is 24.2 Å². The number of hydrogen-bond donors (Lipinski definition) is 3. The number of aromatic nitrogens is 2. The highest BCUT2D eigenvalue weighted by atomic mass is 19.4. The molecule has 2 aromatic rings. The Kier molecular flexibility index (Phi) is 9.75. The van der Waals surface area contributed by atoms with E-state index in [-0.39, 0.29) is 12.5 Å². The van der Waals surface area contributed by atoms with Crippen LogP contribution < -0.4 is 16.0 Å². The van der Waals surface area contributed by atoms with Crippen molar-refractivity contribution < 1.29 is 45.5 Å². The Balaban J connectivity index is 2.24. The summed E-state index contributed by atoms with van der Waals surface area (Å²) in [6.07, 6.45) is -6.80. The third kappa shape index (κ3) is 8.38. The lowest BCUT2D eigenvalue weighted by molar-refractivity contribution is -0.145. The first-order chi connectivity index (χ1) is 17.5. The van der Waals surface area contributed by atoms with Crippen LogP contribution in [0.5, 0.6) is 0 Å². The fourth-order valence-corrected chi connectivity index (χ4v) is 3.42. The summed E-state index contributed by atoms with van der Waals surface area (Å²) in [5.74, 6) is -2.15. The van der Waals surface area contributed by atoms with Gasteiger partial charge in [0.05, 0.1) is 30.3 Å². The molecule has 210 valence electrons. The molecule has 0 saturated carbocycles. The van der Waals surface area contributed by atoms with E-state index in [2.05, 4.69) is 15.6 Å². The van der Waals surface area contributed by atoms with E-state index >= 15 is 0 Å². The second kappa shape index (κ2) is 12.2. The fourth-order valence-electron chi connectivity index (χ4n) is 3.42. The summed E-state index contributed by atoms with van der Waals surface area (Å²) in [5.41, 5.74) is -3.56. The van der Waals surface area contributed by atoms with Crippen molar-refractivity contribution in [3.63, 3.8) is 0 Å². The van der Waals surface area contributed by atoms with Gasteiger partial charge in [0.1, 0.15) is 12.1 Å². The molecule has 1 heterocycles. The number of aryl methyl sites for hydroxylation is 1. The molecule has 0 aliphatic heterocycles. The van der Waals surface area contributed by atoms with E-state index < -0.39 is 65.1 Å². The molecular formula is C23H27F6N5O4. The van der Waals surface area contributed by atoms with Gasteiger partial charge in [0, 0.05) is 25.4 Å². The Morgan fingerprint density at radius 1 is 1.03 bits per heavy atom. The normalized spacial score (nSPS) is 14.3. The SMILES string of the molecule is CC[C@H](C)[C@H](NC(=O)Nc1cc(C(F)(F)F)cc(C(F)(F)F)c1)C(=O)N[C@@H](Cc1cn(C)cn1)C(=O)OC. The van der Waals surface area contributed by atoms with Gasteiger partial charge in [0.2, 0.25) is 5.91 Å². The molecule has 0 saturated heterocycles. The molecule has 0 spiro atoms. The average molecular weight is 551 g/mol. The summed E-state index contributed by atoms with van der Waals surface area (Å²) in [5, 5.41) is 6.66. The zero-order chi connectivity index (χ0) is 28.8. The number of methoxy groups -OCH3 is 1. The van der Waals surface area contributed by atoms with Crippen LogP contribution in [0.25, 0.3) is 0 Å². The lowest BCUT2D eigenvalue weighted by Gasteiger charge is -2.26. The Hall–Kier alpha value is -3.78. The van der Waals surface area contributed by atoms with Crippen LogP contribution in [0.4, 0.5) is 36.8 Å². The summed E-state index contributed by atoms with van der Waals surface area (Å²) in [6.45, 7) is 3.28. The van der Waals surface area contributed by atoms with Crippen molar-refractivity contribution in [2.24, 2.45) is 13.0 Å². The highest BCUT2D eigenvalue weighted by molar-refractivity contribution is 5.95. The number of imidazole rings is 1. The van der Waals surface area contributed by atoms with Gasteiger partial charge in [0.25, 0.3) is 0 Å². The number of nitrogens with zero attached hydrogens (tertiary/aromatic N) is 2. The van der Waals surface area contributed by atoms with Crippen LogP contribution >= 0.6 is 0 Å². The number of carbonyl (C=O) groups is 3. The van der Waals surface area contributed by atoms with Crippen LogP contribution in [-0.4, -0.2) is 46.7 Å². The predicted molar refractivity (Wildman–Crippen MR) is 123 cm³/mol. The molecule has 0 aliphatic carbocycles. The molecule has 2 rings (SSSR count). The fraction of sp³-hybridized carbons (Fsp3) is 0.478. The Bertz CT molecular complexity index is 1120. The predicted octanol–water partition coefficient (Wildman–Crippen LogP) is 3.89. The highest BCUT2D eigenvalue weighted by Gasteiger charge is 2.37. The molecule has 3 N–H and O–H groups in total. The molecule has 0 radical (unpaired) electrons. The lowest BCUT2D eigenvalue weighted by atomic mass is 9.98. The summed E-state index contributed by atoms with van der Waals surface area (Å²) in [4.78, 5) is 42.0. The number of halogens is 6. The first kappa shape index (κ1) is 30.4. The number of esters is 1. The van der Waals surface area contributed by atoms with Crippen molar-refractivity contribution in [2.45, 2.75) is 51.1 Å². The number of anilines is 1. The molecule has 38 heavy (non-hydrogen) atoms. The molecule has 0 bridgehead atoms. The monoisotopic (exact) mass is 551 g/mol. The van der Waals surface area contributed by atoms with E-state index in [1.807, 2.05) is 5.32 Å². The molecular weight excluding hydrogens is 524 g/mol. The summed E-state index contributed by atoms with van der Waals surface area (Å²) >= 11 is 0. The van der Waals surface area contributed by atoms with Crippen molar-refractivity contribution >= 4 is 23.6 Å². The maximum atomic E-state index is 13.1. The average Bonchev–Trinajstić information content (AvgIpc) is 3.24. The lowest BCUT2D eigenvalue weighted by Crippen LogP contribution is -2.55. The molecule has 1 aromatic carbocycles. The number of rotatable bonds is 9. The number of ether oxygens (including phenoxy) is 1. The third-order valence-electron chi connectivity index (χ3n) is 5.60. The van der Waals surface area contributed by atoms with Gasteiger partial charge >= 0.3 is 24.4 Å². The zero-order valence-corrected chi connectivity index (χ0v) is 20.8. The van der Waals surface area contributed by atoms with E-state index in [9.17, 15) is 40.7 Å². The molecule has 1 aromatic heterocycles. The topological polar surface area (TPSA) is 114 Å². The van der Waals surface area contributed by atoms with Crippen LogP contribution in [0.3, 0.4) is 0 Å². The maximum absolute atomic E-state index is 13.1. The second-order valence-electron chi connectivity index (χ2n) is 8.58. The molecule has 9 nitrogen and oxygen atoms in total. The van der Waals surface area contributed by atoms with Gasteiger partial charge in [-0.05, 0) is 24.1 Å². The molecule has 3 amide bonds. The smallest absolute Gasteiger partial charge is 0.416 e. The molecule has 0 unspecified atom stereocenters. The van der Waals surface area contributed by atoms with Gasteiger partial charge in [-0.1, -0.05) is 20.3 Å². The van der Waals surface area contributed by atoms with E-state index in [4.69, 9.17) is 4.74 Å². The van der Waals surface area contributed by atoms with E-state index in [1.165, 1.54) is 6.33 Å². The van der Waals surface area contributed by atoms with Crippen molar-refractivity contribution in [3.8, 4) is 0 Å². The van der Waals surface area contributed by atoms with E-state index in [1.54, 1.807) is 31.7 Å². The number of nitrogens with one attached hydrogen (secondary N) is 3. The van der Waals surface area contributed by atoms with Crippen LogP contribution in [-0.2, 0) is 40.1 Å². The number of benzene rings is 1. The van der Waals surface area contributed by atoms with Crippen LogP contribution in [0.1, 0.15) is 37.1 Å². The second-order valence-corrected chi connectivity index (χ2v) is 8.58. The maximum Gasteiger partial charge on any atom is 0.416 e. The van der Waals surface area contributed by atoms with Gasteiger partial charge in [-0.2, -0.15) is 26.3 Å². The van der Waals surface area contributed by atoms with Crippen LogP contribution in [0, 0.1) is 5.92 Å². The molecule has 0 aliphatic rings. The number of alkyl halides is 6. The van der Waals surface area contributed by atoms with Crippen molar-refractivity contribution in [1.29, 1.82) is 0 Å². The van der Waals surface area contributed by atoms with Crippen LogP contribution in [0.15, 0.2) is 30.7 Å². The summed E-state index contributed by atoms with van der Waals surface area (Å²) in [6, 6.07) is -3.11. The quantitative estimate of drug-likeness (QED) is 0.323. The van der Waals surface area contributed by atoms with Gasteiger partial charge in [0.15, 0.2) is 0 Å². The third-order valence-corrected chi connectivity index (χ3v) is 5.60. The van der Waals surface area contributed by atoms with Gasteiger partial charge in [-0.15, -0.1) is 0 Å². The minimum absolute atomic E-state index is 0.0386. The molecule has 15 heteroatoms.